The van der Waals surface area contributed by atoms with Crippen LogP contribution in [0.15, 0.2) is 0 Å². The Hall–Kier alpha value is -0.610. The molecule has 0 aromatic heterocycles. The van der Waals surface area contributed by atoms with E-state index >= 15 is 0 Å². The predicted octanol–water partition coefficient (Wildman–Crippen LogP) is 1.19. The van der Waals surface area contributed by atoms with E-state index in [1.165, 1.54) is 0 Å². The van der Waals surface area contributed by atoms with Gasteiger partial charge in [0, 0.05) is 12.6 Å². The Labute approximate surface area is 97.9 Å². The van der Waals surface area contributed by atoms with Crippen LogP contribution in [0.2, 0.25) is 0 Å². The van der Waals surface area contributed by atoms with Crippen LogP contribution in [0.3, 0.4) is 0 Å². The van der Waals surface area contributed by atoms with E-state index in [0.29, 0.717) is 0 Å². The van der Waals surface area contributed by atoms with Crippen molar-refractivity contribution in [2.75, 3.05) is 6.54 Å². The highest BCUT2D eigenvalue weighted by Gasteiger charge is 2.26. The van der Waals surface area contributed by atoms with Gasteiger partial charge in [0.25, 0.3) is 0 Å². The Balaban J connectivity index is 2.18. The maximum absolute atomic E-state index is 11.6. The SMILES string of the molecule is CCCCNC(=O)C(C)OC1CCC(N)C1. The number of carbonyl (C=O) groups excluding carboxylic acids is 1. The van der Waals surface area contributed by atoms with Crippen molar-refractivity contribution in [2.45, 2.75) is 64.2 Å². The fourth-order valence-corrected chi connectivity index (χ4v) is 1.98. The van der Waals surface area contributed by atoms with Crippen LogP contribution in [0.4, 0.5) is 0 Å². The molecule has 3 unspecified atom stereocenters. The third-order valence-corrected chi connectivity index (χ3v) is 3.02. The summed E-state index contributed by atoms with van der Waals surface area (Å²) < 4.78 is 5.68. The Kier molecular flexibility index (Phi) is 5.77. The first-order chi connectivity index (χ1) is 7.63. The first kappa shape index (κ1) is 13.5. The average Bonchev–Trinajstić information content (AvgIpc) is 2.64. The molecule has 3 atom stereocenters. The summed E-state index contributed by atoms with van der Waals surface area (Å²) in [5.41, 5.74) is 5.79. The zero-order valence-electron chi connectivity index (χ0n) is 10.4. The van der Waals surface area contributed by atoms with Crippen molar-refractivity contribution in [2.24, 2.45) is 5.73 Å². The van der Waals surface area contributed by atoms with Crippen LogP contribution in [0.25, 0.3) is 0 Å². The summed E-state index contributed by atoms with van der Waals surface area (Å²) in [4.78, 5) is 11.6. The van der Waals surface area contributed by atoms with E-state index in [2.05, 4.69) is 12.2 Å². The predicted molar refractivity (Wildman–Crippen MR) is 64.1 cm³/mol. The summed E-state index contributed by atoms with van der Waals surface area (Å²) in [6.45, 7) is 4.66. The number of nitrogens with two attached hydrogens (primary N) is 1. The maximum atomic E-state index is 11.6. The lowest BCUT2D eigenvalue weighted by molar-refractivity contribution is -0.135. The highest BCUT2D eigenvalue weighted by atomic mass is 16.5. The minimum atomic E-state index is -0.354. The van der Waals surface area contributed by atoms with Crippen LogP contribution in [0.5, 0.6) is 0 Å². The lowest BCUT2D eigenvalue weighted by Gasteiger charge is -2.18. The van der Waals surface area contributed by atoms with Crippen LogP contribution in [0, 0.1) is 0 Å². The van der Waals surface area contributed by atoms with Crippen LogP contribution < -0.4 is 11.1 Å². The molecule has 1 rings (SSSR count). The monoisotopic (exact) mass is 228 g/mol. The third-order valence-electron chi connectivity index (χ3n) is 3.02. The molecule has 0 aromatic carbocycles. The second kappa shape index (κ2) is 6.86. The summed E-state index contributed by atoms with van der Waals surface area (Å²) in [6.07, 6.45) is 4.80. The molecule has 0 spiro atoms. The number of carbonyl (C=O) groups is 1. The van der Waals surface area contributed by atoms with E-state index in [1.807, 2.05) is 6.92 Å². The summed E-state index contributed by atoms with van der Waals surface area (Å²) in [7, 11) is 0. The topological polar surface area (TPSA) is 64.3 Å². The lowest BCUT2D eigenvalue weighted by atomic mass is 10.2. The highest BCUT2D eigenvalue weighted by Crippen LogP contribution is 2.21. The van der Waals surface area contributed by atoms with Crippen LogP contribution >= 0.6 is 0 Å². The average molecular weight is 228 g/mol. The molecule has 4 nitrogen and oxygen atoms in total. The van der Waals surface area contributed by atoms with Crippen molar-refractivity contribution in [3.63, 3.8) is 0 Å². The molecule has 3 N–H and O–H groups in total. The first-order valence-corrected chi connectivity index (χ1v) is 6.32. The van der Waals surface area contributed by atoms with Crippen molar-refractivity contribution in [1.82, 2.24) is 5.32 Å². The maximum Gasteiger partial charge on any atom is 0.248 e. The Morgan fingerprint density at radius 2 is 2.31 bits per heavy atom. The summed E-state index contributed by atoms with van der Waals surface area (Å²) in [5.74, 6) is -0.00563. The Bertz CT molecular complexity index is 221. The minimum absolute atomic E-state index is 0.00563. The lowest BCUT2D eigenvalue weighted by Crippen LogP contribution is -2.37. The Morgan fingerprint density at radius 3 is 2.88 bits per heavy atom. The van der Waals surface area contributed by atoms with Crippen LogP contribution in [0.1, 0.15) is 46.0 Å². The van der Waals surface area contributed by atoms with Gasteiger partial charge in [-0.05, 0) is 32.6 Å². The van der Waals surface area contributed by atoms with E-state index in [1.54, 1.807) is 0 Å². The molecule has 0 bridgehead atoms. The smallest absolute Gasteiger partial charge is 0.248 e. The number of rotatable bonds is 6. The minimum Gasteiger partial charge on any atom is -0.365 e. The molecule has 0 aromatic rings. The number of unbranched alkanes of at least 4 members (excludes halogenated alkanes) is 1. The second-order valence-corrected chi connectivity index (χ2v) is 4.62. The molecule has 16 heavy (non-hydrogen) atoms. The quantitative estimate of drug-likeness (QED) is 0.671. The standard InChI is InChI=1S/C12H24N2O2/c1-3-4-7-14-12(15)9(2)16-11-6-5-10(13)8-11/h9-11H,3-8,13H2,1-2H3,(H,14,15). The van der Waals surface area contributed by atoms with Crippen molar-refractivity contribution in [3.8, 4) is 0 Å². The zero-order valence-corrected chi connectivity index (χ0v) is 10.4. The molecule has 0 radical (unpaired) electrons. The van der Waals surface area contributed by atoms with Gasteiger partial charge in [0.1, 0.15) is 6.10 Å². The van der Waals surface area contributed by atoms with Crippen LogP contribution in [-0.2, 0) is 9.53 Å². The summed E-state index contributed by atoms with van der Waals surface area (Å²) in [6, 6.07) is 0.250. The van der Waals surface area contributed by atoms with E-state index in [4.69, 9.17) is 10.5 Å². The molecular weight excluding hydrogens is 204 g/mol. The highest BCUT2D eigenvalue weighted by molar-refractivity contribution is 5.80. The van der Waals surface area contributed by atoms with Gasteiger partial charge < -0.3 is 15.8 Å². The van der Waals surface area contributed by atoms with E-state index in [-0.39, 0.29) is 24.2 Å². The van der Waals surface area contributed by atoms with Gasteiger partial charge in [-0.3, -0.25) is 4.79 Å². The van der Waals surface area contributed by atoms with Gasteiger partial charge in [-0.25, -0.2) is 0 Å². The molecular formula is C12H24N2O2. The molecule has 0 heterocycles. The fourth-order valence-electron chi connectivity index (χ4n) is 1.98. The van der Waals surface area contributed by atoms with Gasteiger partial charge in [-0.2, -0.15) is 0 Å². The number of ether oxygens (including phenoxy) is 1. The molecule has 94 valence electrons. The van der Waals surface area contributed by atoms with Gasteiger partial charge >= 0.3 is 0 Å². The van der Waals surface area contributed by atoms with Crippen molar-refractivity contribution in [3.05, 3.63) is 0 Å². The number of amides is 1. The van der Waals surface area contributed by atoms with Gasteiger partial charge in [0.05, 0.1) is 6.10 Å². The largest absolute Gasteiger partial charge is 0.365 e. The molecule has 0 saturated heterocycles. The molecule has 1 fully saturated rings. The van der Waals surface area contributed by atoms with Gasteiger partial charge in [-0.1, -0.05) is 13.3 Å². The third kappa shape index (κ3) is 4.49. The van der Waals surface area contributed by atoms with Gasteiger partial charge in [0.2, 0.25) is 5.91 Å². The van der Waals surface area contributed by atoms with E-state index < -0.39 is 0 Å². The molecule has 1 saturated carbocycles. The molecule has 1 aliphatic carbocycles. The molecule has 1 aliphatic rings. The molecule has 1 amide bonds. The van der Waals surface area contributed by atoms with Crippen molar-refractivity contribution < 1.29 is 9.53 Å². The number of nitrogens with one attached hydrogen (secondary N) is 1. The van der Waals surface area contributed by atoms with Gasteiger partial charge in [-0.15, -0.1) is 0 Å². The van der Waals surface area contributed by atoms with Crippen molar-refractivity contribution >= 4 is 5.91 Å². The van der Waals surface area contributed by atoms with Crippen molar-refractivity contribution in [1.29, 1.82) is 0 Å². The number of hydrogen-bond acceptors (Lipinski definition) is 3. The normalized spacial score (nSPS) is 26.7. The number of hydrogen-bond donors (Lipinski definition) is 2. The Morgan fingerprint density at radius 1 is 1.56 bits per heavy atom. The fraction of sp³-hybridized carbons (Fsp3) is 0.917. The summed E-state index contributed by atoms with van der Waals surface area (Å²) in [5, 5.41) is 2.87. The van der Waals surface area contributed by atoms with Gasteiger partial charge in [0.15, 0.2) is 0 Å². The summed E-state index contributed by atoms with van der Waals surface area (Å²) >= 11 is 0. The molecule has 4 heteroatoms. The first-order valence-electron chi connectivity index (χ1n) is 6.32. The van der Waals surface area contributed by atoms with E-state index in [0.717, 1.165) is 38.6 Å². The molecule has 0 aliphatic heterocycles. The second-order valence-electron chi connectivity index (χ2n) is 4.62. The zero-order chi connectivity index (χ0) is 12.0. The van der Waals surface area contributed by atoms with E-state index in [9.17, 15) is 4.79 Å². The van der Waals surface area contributed by atoms with Crippen LogP contribution in [-0.4, -0.2) is 30.7 Å².